The number of nitrogens with one attached hydrogen (secondary N) is 2. The van der Waals surface area contributed by atoms with Gasteiger partial charge in [-0.05, 0) is 91.9 Å². The van der Waals surface area contributed by atoms with Gasteiger partial charge in [-0.15, -0.1) is 0 Å². The lowest BCUT2D eigenvalue weighted by Gasteiger charge is -2.56. The number of hydrogen-bond donors (Lipinski definition) is 3. The van der Waals surface area contributed by atoms with Crippen molar-refractivity contribution >= 4 is 28.3 Å². The Morgan fingerprint density at radius 2 is 1.71 bits per heavy atom. The molecule has 0 spiro atoms. The first-order valence-electron chi connectivity index (χ1n) is 12.8. The van der Waals surface area contributed by atoms with E-state index in [-0.39, 0.29) is 17.1 Å². The minimum absolute atomic E-state index is 0.143. The Kier molecular flexibility index (Phi) is 5.43. The molecule has 0 unspecified atom stereocenters. The van der Waals surface area contributed by atoms with E-state index in [0.717, 1.165) is 52.1 Å². The van der Waals surface area contributed by atoms with Crippen LogP contribution in [0.2, 0.25) is 0 Å². The largest absolute Gasteiger partial charge is 0.508 e. The lowest BCUT2D eigenvalue weighted by atomic mass is 9.49. The van der Waals surface area contributed by atoms with Crippen LogP contribution in [0.3, 0.4) is 0 Å². The standard InChI is InChI=1S/C29H33N3O2/c33-23-5-3-4-19(13-23)8-9-30-27-14-26(24-6-1-2-7-25(24)31-27)32-28(34)18-29-15-20-10-21(16-29)12-22(11-20)17-29/h1-7,13-14,20-22,33H,8-12,15-18H2,(H2,30,31,32,34). The molecule has 2 aromatic carbocycles. The molecule has 0 atom stereocenters. The Balaban J connectivity index is 1.17. The van der Waals surface area contributed by atoms with Crippen LogP contribution in [-0.2, 0) is 11.2 Å². The maximum Gasteiger partial charge on any atom is 0.224 e. The molecule has 1 aromatic heterocycles. The van der Waals surface area contributed by atoms with Gasteiger partial charge in [0.25, 0.3) is 0 Å². The van der Waals surface area contributed by atoms with Gasteiger partial charge >= 0.3 is 0 Å². The predicted molar refractivity (Wildman–Crippen MR) is 136 cm³/mol. The summed E-state index contributed by atoms with van der Waals surface area (Å²) in [4.78, 5) is 18.1. The molecule has 4 saturated carbocycles. The Morgan fingerprint density at radius 3 is 2.44 bits per heavy atom. The van der Waals surface area contributed by atoms with E-state index in [1.54, 1.807) is 12.1 Å². The number of carbonyl (C=O) groups is 1. The van der Waals surface area contributed by atoms with Crippen molar-refractivity contribution in [2.75, 3.05) is 17.2 Å². The van der Waals surface area contributed by atoms with Gasteiger partial charge in [-0.3, -0.25) is 4.79 Å². The predicted octanol–water partition coefficient (Wildman–Crippen LogP) is 6.14. The molecule has 4 fully saturated rings. The minimum Gasteiger partial charge on any atom is -0.508 e. The number of rotatable bonds is 7. The summed E-state index contributed by atoms with van der Waals surface area (Å²) in [6.45, 7) is 0.690. The van der Waals surface area contributed by atoms with Crippen molar-refractivity contribution in [3.8, 4) is 5.75 Å². The molecule has 4 aliphatic carbocycles. The molecule has 7 rings (SSSR count). The lowest BCUT2D eigenvalue weighted by molar-refractivity contribution is -0.124. The molecule has 176 valence electrons. The van der Waals surface area contributed by atoms with Crippen molar-refractivity contribution in [1.29, 1.82) is 0 Å². The van der Waals surface area contributed by atoms with Crippen molar-refractivity contribution in [3.63, 3.8) is 0 Å². The molecule has 3 N–H and O–H groups in total. The van der Waals surface area contributed by atoms with Gasteiger partial charge in [0.1, 0.15) is 11.6 Å². The smallest absolute Gasteiger partial charge is 0.224 e. The van der Waals surface area contributed by atoms with E-state index in [0.29, 0.717) is 13.0 Å². The quantitative estimate of drug-likeness (QED) is 0.400. The highest BCUT2D eigenvalue weighted by molar-refractivity contribution is 6.02. The van der Waals surface area contributed by atoms with Crippen LogP contribution in [0.15, 0.2) is 54.6 Å². The number of hydrogen-bond acceptors (Lipinski definition) is 4. The van der Waals surface area contributed by atoms with Gasteiger partial charge < -0.3 is 15.7 Å². The molecule has 1 heterocycles. The van der Waals surface area contributed by atoms with Crippen molar-refractivity contribution in [1.82, 2.24) is 4.98 Å². The third-order valence-corrected chi connectivity index (χ3v) is 8.32. The summed E-state index contributed by atoms with van der Waals surface area (Å²) in [5.41, 5.74) is 3.00. The molecule has 34 heavy (non-hydrogen) atoms. The van der Waals surface area contributed by atoms with E-state index in [4.69, 9.17) is 4.98 Å². The summed E-state index contributed by atoms with van der Waals surface area (Å²) in [7, 11) is 0. The number of phenols is 1. The normalized spacial score (nSPS) is 27.1. The number of pyridine rings is 1. The second kappa shape index (κ2) is 8.61. The van der Waals surface area contributed by atoms with Crippen LogP contribution in [0.1, 0.15) is 50.5 Å². The second-order valence-corrected chi connectivity index (χ2v) is 11.1. The molecule has 0 saturated heterocycles. The summed E-state index contributed by atoms with van der Waals surface area (Å²) in [5, 5.41) is 17.3. The number of amides is 1. The van der Waals surface area contributed by atoms with E-state index in [1.807, 2.05) is 42.5 Å². The number of anilines is 2. The van der Waals surface area contributed by atoms with E-state index >= 15 is 0 Å². The van der Waals surface area contributed by atoms with Crippen LogP contribution in [0.25, 0.3) is 10.9 Å². The zero-order valence-corrected chi connectivity index (χ0v) is 19.6. The Labute approximate surface area is 201 Å². The maximum atomic E-state index is 13.3. The van der Waals surface area contributed by atoms with Crippen molar-refractivity contribution in [2.45, 2.75) is 51.4 Å². The SMILES string of the molecule is O=C(CC12CC3CC(CC(C3)C1)C2)Nc1cc(NCCc2cccc(O)c2)nc2ccccc12. The third kappa shape index (κ3) is 4.36. The van der Waals surface area contributed by atoms with Gasteiger partial charge in [0.15, 0.2) is 0 Å². The monoisotopic (exact) mass is 455 g/mol. The van der Waals surface area contributed by atoms with Crippen LogP contribution in [0.4, 0.5) is 11.5 Å². The van der Waals surface area contributed by atoms with Gasteiger partial charge in [0, 0.05) is 24.4 Å². The molecule has 0 radical (unpaired) electrons. The summed E-state index contributed by atoms with van der Waals surface area (Å²) in [6, 6.07) is 17.3. The minimum atomic E-state index is 0.143. The molecule has 4 bridgehead atoms. The molecule has 1 amide bonds. The fourth-order valence-corrected chi connectivity index (χ4v) is 7.46. The Morgan fingerprint density at radius 1 is 0.971 bits per heavy atom. The molecule has 0 aliphatic heterocycles. The first-order valence-corrected chi connectivity index (χ1v) is 12.8. The van der Waals surface area contributed by atoms with E-state index in [2.05, 4.69) is 10.6 Å². The average molecular weight is 456 g/mol. The van der Waals surface area contributed by atoms with E-state index < -0.39 is 0 Å². The van der Waals surface area contributed by atoms with E-state index in [1.165, 1.54) is 38.5 Å². The number of phenolic OH excluding ortho intramolecular Hbond substituents is 1. The van der Waals surface area contributed by atoms with Crippen molar-refractivity contribution < 1.29 is 9.90 Å². The topological polar surface area (TPSA) is 74.2 Å². The second-order valence-electron chi connectivity index (χ2n) is 11.1. The van der Waals surface area contributed by atoms with Crippen LogP contribution < -0.4 is 10.6 Å². The van der Waals surface area contributed by atoms with E-state index in [9.17, 15) is 9.90 Å². The maximum absolute atomic E-state index is 13.3. The first-order chi connectivity index (χ1) is 16.5. The number of aromatic nitrogens is 1. The number of benzene rings is 2. The summed E-state index contributed by atoms with van der Waals surface area (Å²) >= 11 is 0. The van der Waals surface area contributed by atoms with Crippen LogP contribution in [0.5, 0.6) is 5.75 Å². The zero-order valence-electron chi connectivity index (χ0n) is 19.6. The zero-order chi connectivity index (χ0) is 23.1. The molecular formula is C29H33N3O2. The fourth-order valence-electron chi connectivity index (χ4n) is 7.46. The summed E-state index contributed by atoms with van der Waals surface area (Å²) in [5.74, 6) is 3.73. The number of nitrogens with zero attached hydrogens (tertiary/aromatic N) is 1. The Hall–Kier alpha value is -3.08. The number of aromatic hydroxyl groups is 1. The molecule has 4 aliphatic rings. The number of fused-ring (bicyclic) bond motifs is 1. The highest BCUT2D eigenvalue weighted by Gasteiger charge is 2.51. The molecular weight excluding hydrogens is 422 g/mol. The van der Waals surface area contributed by atoms with Crippen molar-refractivity contribution in [3.05, 3.63) is 60.2 Å². The number of para-hydroxylation sites is 1. The fraction of sp³-hybridized carbons (Fsp3) is 0.448. The molecule has 5 nitrogen and oxygen atoms in total. The highest BCUT2D eigenvalue weighted by atomic mass is 16.3. The lowest BCUT2D eigenvalue weighted by Crippen LogP contribution is -2.47. The van der Waals surface area contributed by atoms with Gasteiger partial charge in [0.2, 0.25) is 5.91 Å². The van der Waals surface area contributed by atoms with Crippen LogP contribution in [0, 0.1) is 23.2 Å². The third-order valence-electron chi connectivity index (χ3n) is 8.32. The van der Waals surface area contributed by atoms with Gasteiger partial charge in [-0.25, -0.2) is 4.98 Å². The number of carbonyl (C=O) groups excluding carboxylic acids is 1. The van der Waals surface area contributed by atoms with Gasteiger partial charge in [-0.2, -0.15) is 0 Å². The van der Waals surface area contributed by atoms with Crippen LogP contribution >= 0.6 is 0 Å². The van der Waals surface area contributed by atoms with Crippen molar-refractivity contribution in [2.24, 2.45) is 23.2 Å². The van der Waals surface area contributed by atoms with Crippen LogP contribution in [-0.4, -0.2) is 22.5 Å². The highest BCUT2D eigenvalue weighted by Crippen LogP contribution is 2.61. The van der Waals surface area contributed by atoms with Gasteiger partial charge in [-0.1, -0.05) is 30.3 Å². The average Bonchev–Trinajstić information content (AvgIpc) is 2.78. The molecule has 5 heteroatoms. The summed E-state index contributed by atoms with van der Waals surface area (Å²) < 4.78 is 0. The van der Waals surface area contributed by atoms with Gasteiger partial charge in [0.05, 0.1) is 11.2 Å². The molecule has 3 aromatic rings. The Bertz CT molecular complexity index is 1190. The summed E-state index contributed by atoms with van der Waals surface area (Å²) in [6.07, 6.45) is 9.33. The first kappa shape index (κ1) is 21.5.